The van der Waals surface area contributed by atoms with Crippen molar-refractivity contribution in [1.29, 1.82) is 0 Å². The van der Waals surface area contributed by atoms with Crippen LogP contribution in [0.15, 0.2) is 24.3 Å². The fourth-order valence-electron chi connectivity index (χ4n) is 1.16. The smallest absolute Gasteiger partial charge is 1.00 e. The number of aliphatic hydroxyl groups is 1. The molecule has 96 valence electrons. The van der Waals surface area contributed by atoms with Crippen LogP contribution in [0.3, 0.4) is 0 Å². The molecular formula is C10H12Cl3N3OZn. The molecular weight excluding hydrogens is 350 g/mol. The van der Waals surface area contributed by atoms with Crippen LogP contribution < -0.4 is 29.2 Å². The molecule has 0 saturated heterocycles. The Labute approximate surface area is 137 Å². The minimum atomic E-state index is 0. The van der Waals surface area contributed by atoms with Crippen LogP contribution in [-0.2, 0) is 25.9 Å². The average Bonchev–Trinajstić information content (AvgIpc) is 2.27. The van der Waals surface area contributed by atoms with Gasteiger partial charge in [-0.3, -0.25) is 4.42 Å². The van der Waals surface area contributed by atoms with Gasteiger partial charge in [-0.2, -0.15) is 4.79 Å². The Morgan fingerprint density at radius 2 is 1.83 bits per heavy atom. The van der Waals surface area contributed by atoms with Crippen LogP contribution in [0.25, 0.3) is 5.53 Å². The van der Waals surface area contributed by atoms with E-state index < -0.39 is 0 Å². The number of anilines is 1. The van der Waals surface area contributed by atoms with Gasteiger partial charge in [-0.1, -0.05) is 12.1 Å². The van der Waals surface area contributed by atoms with Crippen molar-refractivity contribution in [2.45, 2.75) is 6.42 Å². The summed E-state index contributed by atoms with van der Waals surface area (Å²) in [4.78, 5) is 2.92. The molecule has 4 nitrogen and oxygen atoms in total. The molecule has 0 radical (unpaired) electrons. The third-order valence-electron chi connectivity index (χ3n) is 1.92. The minimum Gasteiger partial charge on any atom is -1.00 e. The molecule has 0 aliphatic heterocycles. The number of aliphatic hydroxyl groups excluding tert-OH is 1. The number of hydrogen-bond acceptors (Lipinski definition) is 2. The first-order valence-electron chi connectivity index (χ1n) is 4.57. The van der Waals surface area contributed by atoms with Crippen molar-refractivity contribution in [2.75, 3.05) is 17.6 Å². The van der Waals surface area contributed by atoms with E-state index in [0.717, 1.165) is 11.3 Å². The predicted molar refractivity (Wildman–Crippen MR) is 60.1 cm³/mol. The van der Waals surface area contributed by atoms with Crippen LogP contribution >= 0.6 is 11.8 Å². The van der Waals surface area contributed by atoms with Gasteiger partial charge in [-0.25, -0.2) is 0 Å². The van der Waals surface area contributed by atoms with E-state index in [-0.39, 0.29) is 50.9 Å². The fraction of sp³-hybridized carbons (Fsp3) is 0.300. The Morgan fingerprint density at radius 1 is 1.28 bits per heavy atom. The van der Waals surface area contributed by atoms with Crippen molar-refractivity contribution >= 4 is 23.7 Å². The van der Waals surface area contributed by atoms with Gasteiger partial charge in [0.25, 0.3) is 6.21 Å². The molecule has 0 atom stereocenters. The van der Waals surface area contributed by atoms with Gasteiger partial charge < -0.3 is 35.5 Å². The molecule has 0 aliphatic carbocycles. The normalized spacial score (nSPS) is 7.89. The van der Waals surface area contributed by atoms with Crippen LogP contribution in [-0.4, -0.2) is 29.3 Å². The molecule has 0 heterocycles. The van der Waals surface area contributed by atoms with E-state index in [4.69, 9.17) is 22.4 Å². The Morgan fingerprint density at radius 3 is 2.28 bits per heavy atom. The zero-order valence-corrected chi connectivity index (χ0v) is 14.9. The molecule has 0 aromatic heterocycles. The SMILES string of the molecule is [Cl-].[Cl-].[N-]=[N+]=CCc1ccc(N(Cl)CCO)cc1.[Zn+2]. The van der Waals surface area contributed by atoms with E-state index in [1.807, 2.05) is 24.3 Å². The van der Waals surface area contributed by atoms with Crippen molar-refractivity contribution in [3.8, 4) is 0 Å². The molecule has 0 fully saturated rings. The average molecular weight is 362 g/mol. The first kappa shape index (κ1) is 23.0. The zero-order chi connectivity index (χ0) is 11.1. The van der Waals surface area contributed by atoms with Crippen LogP contribution in [0.4, 0.5) is 5.69 Å². The van der Waals surface area contributed by atoms with Gasteiger partial charge in [0, 0.05) is 11.8 Å². The second-order valence-corrected chi connectivity index (χ2v) is 3.39. The number of rotatable bonds is 5. The Balaban J connectivity index is -0.000000750. The molecule has 8 heteroatoms. The summed E-state index contributed by atoms with van der Waals surface area (Å²) in [5, 5.41) is 8.70. The third-order valence-corrected chi connectivity index (χ3v) is 2.29. The van der Waals surface area contributed by atoms with Crippen LogP contribution in [0, 0.1) is 0 Å². The van der Waals surface area contributed by atoms with Crippen molar-refractivity contribution in [1.82, 2.24) is 0 Å². The maximum absolute atomic E-state index is 8.70. The van der Waals surface area contributed by atoms with Gasteiger partial charge >= 0.3 is 19.5 Å². The molecule has 0 amide bonds. The third kappa shape index (κ3) is 8.04. The van der Waals surface area contributed by atoms with Gasteiger partial charge in [-0.05, 0) is 17.7 Å². The topological polar surface area (TPSA) is 59.9 Å². The molecule has 1 aromatic rings. The van der Waals surface area contributed by atoms with E-state index in [1.54, 1.807) is 0 Å². The van der Waals surface area contributed by atoms with Crippen molar-refractivity contribution in [3.05, 3.63) is 35.4 Å². The molecule has 0 aliphatic rings. The summed E-state index contributed by atoms with van der Waals surface area (Å²) in [5.74, 6) is 0. The molecule has 0 bridgehead atoms. The van der Waals surface area contributed by atoms with Crippen LogP contribution in [0.1, 0.15) is 5.56 Å². The standard InChI is InChI=1S/C10H12ClN3O.2ClH.Zn/c11-14(7-8-15)10-3-1-9(2-4-10)5-6-13-12;;;/h1-4,6,15H,5,7-8H2;2*1H;/q;;;+2/p-2. The van der Waals surface area contributed by atoms with Gasteiger partial charge in [0.15, 0.2) is 0 Å². The molecule has 1 aromatic carbocycles. The first-order chi connectivity index (χ1) is 7.27. The van der Waals surface area contributed by atoms with E-state index in [9.17, 15) is 0 Å². The van der Waals surface area contributed by atoms with Gasteiger partial charge in [0.05, 0.1) is 25.3 Å². The molecule has 18 heavy (non-hydrogen) atoms. The summed E-state index contributed by atoms with van der Waals surface area (Å²) in [6.07, 6.45) is 2.00. The molecule has 1 rings (SSSR count). The predicted octanol–water partition coefficient (Wildman–Crippen LogP) is -4.51. The fourth-order valence-corrected chi connectivity index (χ4v) is 1.35. The summed E-state index contributed by atoms with van der Waals surface area (Å²) in [6, 6.07) is 7.49. The molecule has 0 saturated carbocycles. The number of nitrogens with zero attached hydrogens (tertiary/aromatic N) is 3. The Kier molecular flexibility index (Phi) is 17.0. The number of hydrogen-bond donors (Lipinski definition) is 1. The first-order valence-corrected chi connectivity index (χ1v) is 4.90. The summed E-state index contributed by atoms with van der Waals surface area (Å²) >= 11 is 5.87. The Bertz CT molecular complexity index is 358. The minimum absolute atomic E-state index is 0. The second-order valence-electron chi connectivity index (χ2n) is 2.98. The zero-order valence-electron chi connectivity index (χ0n) is 9.64. The monoisotopic (exact) mass is 359 g/mol. The largest absolute Gasteiger partial charge is 2.00 e. The summed E-state index contributed by atoms with van der Waals surface area (Å²) < 4.78 is 1.45. The second kappa shape index (κ2) is 13.3. The van der Waals surface area contributed by atoms with Crippen LogP contribution in [0.5, 0.6) is 0 Å². The van der Waals surface area contributed by atoms with Crippen molar-refractivity contribution < 1.29 is 54.2 Å². The van der Waals surface area contributed by atoms with Crippen molar-refractivity contribution in [2.24, 2.45) is 0 Å². The summed E-state index contributed by atoms with van der Waals surface area (Å²) in [5.41, 5.74) is 10.1. The maximum Gasteiger partial charge on any atom is 2.00 e. The molecule has 0 unspecified atom stereocenters. The van der Waals surface area contributed by atoms with E-state index in [0.29, 0.717) is 13.0 Å². The number of benzene rings is 1. The quantitative estimate of drug-likeness (QED) is 0.189. The molecule has 1 N–H and O–H groups in total. The summed E-state index contributed by atoms with van der Waals surface area (Å²) in [6.45, 7) is 0.404. The Hall–Kier alpha value is -0.147. The number of halogens is 3. The van der Waals surface area contributed by atoms with E-state index in [2.05, 4.69) is 4.79 Å². The maximum atomic E-state index is 8.70. The molecule has 0 spiro atoms. The van der Waals surface area contributed by atoms with Gasteiger partial charge in [-0.15, -0.1) is 0 Å². The van der Waals surface area contributed by atoms with Gasteiger partial charge in [0.2, 0.25) is 0 Å². The van der Waals surface area contributed by atoms with Crippen LogP contribution in [0.2, 0.25) is 0 Å². The van der Waals surface area contributed by atoms with E-state index >= 15 is 0 Å². The van der Waals surface area contributed by atoms with E-state index in [1.165, 1.54) is 10.6 Å². The van der Waals surface area contributed by atoms with Crippen molar-refractivity contribution in [3.63, 3.8) is 0 Å². The van der Waals surface area contributed by atoms with Gasteiger partial charge in [0.1, 0.15) is 0 Å². The summed E-state index contributed by atoms with van der Waals surface area (Å²) in [7, 11) is 0.